The van der Waals surface area contributed by atoms with Gasteiger partial charge >= 0.3 is 0 Å². The van der Waals surface area contributed by atoms with E-state index in [1.165, 1.54) is 16.3 Å². The minimum Gasteiger partial charge on any atom is -0.291 e. The van der Waals surface area contributed by atoms with Crippen molar-refractivity contribution in [2.24, 2.45) is 0 Å². The highest BCUT2D eigenvalue weighted by Crippen LogP contribution is 2.29. The zero-order chi connectivity index (χ0) is 10.5. The lowest BCUT2D eigenvalue weighted by Crippen LogP contribution is -2.14. The Morgan fingerprint density at radius 2 is 1.93 bits per heavy atom. The third-order valence-corrected chi connectivity index (χ3v) is 3.66. The average Bonchev–Trinajstić information content (AvgIpc) is 2.54. The van der Waals surface area contributed by atoms with E-state index in [0.717, 1.165) is 4.96 Å². The summed E-state index contributed by atoms with van der Waals surface area (Å²) in [7, 11) is 0. The molecule has 0 radical (unpaired) electrons. The molecule has 76 valence electrons. The number of rotatable bonds is 0. The molecular formula is C11H16N2S. The Morgan fingerprint density at radius 1 is 1.29 bits per heavy atom. The lowest BCUT2D eigenvalue weighted by molar-refractivity contribution is 0.562. The molecular weight excluding hydrogens is 192 g/mol. The number of hydrogen-bond acceptors (Lipinski definition) is 2. The molecule has 0 atom stereocenters. The first kappa shape index (κ1) is 9.71. The fourth-order valence-corrected chi connectivity index (χ4v) is 2.57. The molecule has 0 aliphatic heterocycles. The third kappa shape index (κ3) is 1.27. The minimum absolute atomic E-state index is 0.164. The quantitative estimate of drug-likeness (QED) is 0.649. The molecule has 2 rings (SSSR count). The Kier molecular flexibility index (Phi) is 1.96. The van der Waals surface area contributed by atoms with Crippen molar-refractivity contribution in [1.29, 1.82) is 0 Å². The van der Waals surface area contributed by atoms with Crippen LogP contribution in [0.4, 0.5) is 0 Å². The largest absolute Gasteiger partial charge is 0.291 e. The first-order valence-electron chi connectivity index (χ1n) is 4.85. The summed E-state index contributed by atoms with van der Waals surface area (Å²) in [5.41, 5.74) is 2.79. The van der Waals surface area contributed by atoms with Gasteiger partial charge in [0.25, 0.3) is 0 Å². The van der Waals surface area contributed by atoms with Crippen LogP contribution >= 0.6 is 11.3 Å². The van der Waals surface area contributed by atoms with E-state index in [4.69, 9.17) is 0 Å². The van der Waals surface area contributed by atoms with Crippen LogP contribution in [0.3, 0.4) is 0 Å². The van der Waals surface area contributed by atoms with Crippen LogP contribution < -0.4 is 0 Å². The maximum Gasteiger partial charge on any atom is 0.194 e. The van der Waals surface area contributed by atoms with Crippen LogP contribution in [-0.4, -0.2) is 9.38 Å². The summed E-state index contributed by atoms with van der Waals surface area (Å²) in [4.78, 5) is 6.92. The summed E-state index contributed by atoms with van der Waals surface area (Å²) >= 11 is 1.77. The molecule has 14 heavy (non-hydrogen) atoms. The van der Waals surface area contributed by atoms with Crippen molar-refractivity contribution in [1.82, 2.24) is 9.38 Å². The summed E-state index contributed by atoms with van der Waals surface area (Å²) in [6.45, 7) is 11.0. The highest BCUT2D eigenvalue weighted by atomic mass is 32.1. The Balaban J connectivity index is 2.79. The van der Waals surface area contributed by atoms with Gasteiger partial charge < -0.3 is 0 Å². The van der Waals surface area contributed by atoms with E-state index in [0.29, 0.717) is 0 Å². The van der Waals surface area contributed by atoms with E-state index in [-0.39, 0.29) is 5.41 Å². The number of aromatic nitrogens is 2. The van der Waals surface area contributed by atoms with E-state index in [1.54, 1.807) is 11.3 Å². The molecule has 0 fully saturated rings. The number of nitrogens with zero attached hydrogens (tertiary/aromatic N) is 2. The SMILES string of the molecule is Cc1sc2ncc(C(C)(C)C)n2c1C. The van der Waals surface area contributed by atoms with E-state index in [2.05, 4.69) is 44.0 Å². The molecule has 0 aliphatic carbocycles. The predicted octanol–water partition coefficient (Wildman–Crippen LogP) is 3.31. The Morgan fingerprint density at radius 3 is 2.50 bits per heavy atom. The van der Waals surface area contributed by atoms with Crippen molar-refractivity contribution in [3.8, 4) is 0 Å². The van der Waals surface area contributed by atoms with Crippen LogP contribution in [0.15, 0.2) is 6.20 Å². The van der Waals surface area contributed by atoms with Crippen LogP contribution in [-0.2, 0) is 5.41 Å². The molecule has 0 bridgehead atoms. The van der Waals surface area contributed by atoms with Crippen LogP contribution in [0.2, 0.25) is 0 Å². The maximum absolute atomic E-state index is 4.45. The number of fused-ring (bicyclic) bond motifs is 1. The van der Waals surface area contributed by atoms with E-state index in [9.17, 15) is 0 Å². The van der Waals surface area contributed by atoms with Crippen LogP contribution in [0.1, 0.15) is 37.0 Å². The fourth-order valence-electron chi connectivity index (χ4n) is 1.63. The first-order chi connectivity index (χ1) is 6.41. The Hall–Kier alpha value is -0.830. The lowest BCUT2D eigenvalue weighted by atomic mass is 9.93. The first-order valence-corrected chi connectivity index (χ1v) is 5.67. The zero-order valence-corrected chi connectivity index (χ0v) is 10.2. The van der Waals surface area contributed by atoms with Gasteiger partial charge in [0.05, 0.1) is 6.20 Å². The highest BCUT2D eigenvalue weighted by molar-refractivity contribution is 7.17. The van der Waals surface area contributed by atoms with Gasteiger partial charge in [0.2, 0.25) is 0 Å². The molecule has 0 saturated carbocycles. The number of thiazole rings is 1. The number of imidazole rings is 1. The second kappa shape index (κ2) is 2.83. The minimum atomic E-state index is 0.164. The van der Waals surface area contributed by atoms with Gasteiger partial charge in [-0.05, 0) is 13.8 Å². The molecule has 0 amide bonds. The molecule has 0 saturated heterocycles. The van der Waals surface area contributed by atoms with Crippen LogP contribution in [0, 0.1) is 13.8 Å². The average molecular weight is 208 g/mol. The van der Waals surface area contributed by atoms with Crippen molar-refractivity contribution in [3.63, 3.8) is 0 Å². The van der Waals surface area contributed by atoms with Gasteiger partial charge in [0.1, 0.15) is 0 Å². The van der Waals surface area contributed by atoms with Gasteiger partial charge in [0.15, 0.2) is 4.96 Å². The highest BCUT2D eigenvalue weighted by Gasteiger charge is 2.21. The second-order valence-corrected chi connectivity index (χ2v) is 5.94. The standard InChI is InChI=1S/C11H16N2S/c1-7-8(2)14-10-12-6-9(13(7)10)11(3,4)5/h6H,1-5H3. The molecule has 0 spiro atoms. The summed E-state index contributed by atoms with van der Waals surface area (Å²) in [6, 6.07) is 0. The van der Waals surface area contributed by atoms with Crippen LogP contribution in [0.5, 0.6) is 0 Å². The lowest BCUT2D eigenvalue weighted by Gasteiger charge is -2.17. The van der Waals surface area contributed by atoms with Crippen molar-refractivity contribution in [2.45, 2.75) is 40.0 Å². The monoisotopic (exact) mass is 208 g/mol. The molecule has 0 unspecified atom stereocenters. The molecule has 0 aromatic carbocycles. The number of hydrogen-bond donors (Lipinski definition) is 0. The molecule has 2 aromatic heterocycles. The van der Waals surface area contributed by atoms with E-state index < -0.39 is 0 Å². The summed E-state index contributed by atoms with van der Waals surface area (Å²) in [5.74, 6) is 0. The number of aryl methyl sites for hydroxylation is 2. The smallest absolute Gasteiger partial charge is 0.194 e. The van der Waals surface area contributed by atoms with Crippen LogP contribution in [0.25, 0.3) is 4.96 Å². The summed E-state index contributed by atoms with van der Waals surface area (Å²) < 4.78 is 2.28. The van der Waals surface area contributed by atoms with Gasteiger partial charge in [0, 0.05) is 21.7 Å². The summed E-state index contributed by atoms with van der Waals surface area (Å²) in [5, 5.41) is 0. The topological polar surface area (TPSA) is 17.3 Å². The van der Waals surface area contributed by atoms with Crippen molar-refractivity contribution in [2.75, 3.05) is 0 Å². The molecule has 2 aromatic rings. The zero-order valence-electron chi connectivity index (χ0n) is 9.38. The maximum atomic E-state index is 4.45. The third-order valence-electron chi connectivity index (χ3n) is 2.59. The Bertz CT molecular complexity index is 471. The Labute approximate surface area is 88.6 Å². The molecule has 0 aliphatic rings. The summed E-state index contributed by atoms with van der Waals surface area (Å²) in [6.07, 6.45) is 2.00. The molecule has 3 heteroatoms. The van der Waals surface area contributed by atoms with Gasteiger partial charge in [-0.15, -0.1) is 11.3 Å². The normalized spacial score (nSPS) is 12.6. The molecule has 0 N–H and O–H groups in total. The van der Waals surface area contributed by atoms with Crippen molar-refractivity contribution < 1.29 is 0 Å². The van der Waals surface area contributed by atoms with E-state index >= 15 is 0 Å². The van der Waals surface area contributed by atoms with Crippen molar-refractivity contribution in [3.05, 3.63) is 22.5 Å². The predicted molar refractivity (Wildman–Crippen MR) is 61.2 cm³/mol. The van der Waals surface area contributed by atoms with Gasteiger partial charge in [-0.25, -0.2) is 4.98 Å². The second-order valence-electron chi connectivity index (χ2n) is 4.76. The fraction of sp³-hybridized carbons (Fsp3) is 0.545. The van der Waals surface area contributed by atoms with Gasteiger partial charge in [-0.1, -0.05) is 20.8 Å². The molecule has 2 heterocycles. The van der Waals surface area contributed by atoms with E-state index in [1.807, 2.05) is 6.20 Å². The molecule has 2 nitrogen and oxygen atoms in total. The van der Waals surface area contributed by atoms with Gasteiger partial charge in [-0.2, -0.15) is 0 Å². The van der Waals surface area contributed by atoms with Gasteiger partial charge in [-0.3, -0.25) is 4.40 Å². The van der Waals surface area contributed by atoms with Crippen molar-refractivity contribution >= 4 is 16.3 Å².